The lowest BCUT2D eigenvalue weighted by atomic mass is 9.80. The highest BCUT2D eigenvalue weighted by atomic mass is 19.1. The summed E-state index contributed by atoms with van der Waals surface area (Å²) < 4.78 is 19.9. The molecule has 0 aliphatic heterocycles. The largest absolute Gasteiger partial charge is 0.453 e. The third kappa shape index (κ3) is 8.38. The monoisotopic (exact) mass is 562 g/mol. The van der Waals surface area contributed by atoms with Gasteiger partial charge in [0, 0.05) is 36.8 Å². The number of nitrogens with one attached hydrogen (secondary N) is 2. The predicted octanol–water partition coefficient (Wildman–Crippen LogP) is 5.35. The number of amidine groups is 1. The van der Waals surface area contributed by atoms with Gasteiger partial charge in [0.2, 0.25) is 0 Å². The molecular formula is C32H39FN4O4. The minimum Gasteiger partial charge on any atom is -0.453 e. The maximum Gasteiger partial charge on any atom is 0.406 e. The van der Waals surface area contributed by atoms with Crippen LogP contribution in [0.3, 0.4) is 0 Å². The number of amides is 2. The highest BCUT2D eigenvalue weighted by Gasteiger charge is 2.32. The first-order valence-corrected chi connectivity index (χ1v) is 13.7. The van der Waals surface area contributed by atoms with Crippen LogP contribution in [0.15, 0.2) is 66.7 Å². The number of hydrogen-bond acceptors (Lipinski definition) is 5. The Labute approximate surface area is 240 Å². The van der Waals surface area contributed by atoms with Crippen LogP contribution >= 0.6 is 0 Å². The van der Waals surface area contributed by atoms with Crippen LogP contribution in [0.25, 0.3) is 11.1 Å². The molecule has 0 aliphatic carbocycles. The van der Waals surface area contributed by atoms with Crippen molar-refractivity contribution < 1.29 is 23.8 Å². The van der Waals surface area contributed by atoms with Crippen molar-refractivity contribution in [1.29, 1.82) is 5.41 Å². The fourth-order valence-corrected chi connectivity index (χ4v) is 4.92. The van der Waals surface area contributed by atoms with Crippen molar-refractivity contribution in [2.75, 3.05) is 27.2 Å². The van der Waals surface area contributed by atoms with Crippen molar-refractivity contribution in [1.82, 2.24) is 10.2 Å². The summed E-state index contributed by atoms with van der Waals surface area (Å²) in [4.78, 5) is 26.0. The Hall–Kier alpha value is -4.24. The van der Waals surface area contributed by atoms with Gasteiger partial charge < -0.3 is 25.8 Å². The number of aliphatic hydroxyl groups is 1. The molecule has 1 atom stereocenters. The van der Waals surface area contributed by atoms with Crippen LogP contribution in [0.1, 0.15) is 59.2 Å². The van der Waals surface area contributed by atoms with E-state index >= 15 is 4.39 Å². The molecule has 3 rings (SSSR count). The van der Waals surface area contributed by atoms with Gasteiger partial charge in [-0.1, -0.05) is 54.1 Å². The number of nitrogens with zero attached hydrogens (tertiary/aromatic N) is 1. The topological polar surface area (TPSA) is 129 Å². The van der Waals surface area contributed by atoms with Gasteiger partial charge in [-0.3, -0.25) is 10.2 Å². The van der Waals surface area contributed by atoms with Crippen molar-refractivity contribution in [3.05, 3.63) is 94.8 Å². The summed E-state index contributed by atoms with van der Waals surface area (Å²) in [5, 5.41) is 22.2. The lowest BCUT2D eigenvalue weighted by Crippen LogP contribution is -2.31. The zero-order chi connectivity index (χ0) is 30.0. The Morgan fingerprint density at radius 3 is 2.34 bits per heavy atom. The number of nitrogens with two attached hydrogens (primary N) is 1. The lowest BCUT2D eigenvalue weighted by Gasteiger charge is -2.32. The third-order valence-electron chi connectivity index (χ3n) is 7.17. The number of alkyl carbamates (subject to hydrolysis) is 1. The standard InChI is InChI=1S/C32H39FN4O4/c1-22-9-6-10-25(21-22)28-26(11-7-12-27(28)33)32(40,18-8-19-36-31(39)41-3)17-4-5-20-37(2)30(38)24-15-13-23(14-16-24)29(34)35/h6-7,9-16,21,40H,4-5,8,17-20H2,1-3H3,(H3,34,35)(H,36,39). The van der Waals surface area contributed by atoms with E-state index in [4.69, 9.17) is 11.1 Å². The molecule has 2 amide bonds. The molecule has 0 spiro atoms. The van der Waals surface area contributed by atoms with E-state index in [0.717, 1.165) is 5.56 Å². The smallest absolute Gasteiger partial charge is 0.406 e. The maximum atomic E-state index is 15.3. The summed E-state index contributed by atoms with van der Waals surface area (Å²) in [6, 6.07) is 18.9. The number of ether oxygens (including phenoxy) is 1. The summed E-state index contributed by atoms with van der Waals surface area (Å²) in [7, 11) is 3.00. The Morgan fingerprint density at radius 1 is 1.02 bits per heavy atom. The summed E-state index contributed by atoms with van der Waals surface area (Å²) in [5.41, 5.74) is 7.69. The minimum atomic E-state index is -1.37. The molecule has 218 valence electrons. The van der Waals surface area contributed by atoms with Crippen LogP contribution in [-0.2, 0) is 10.3 Å². The van der Waals surface area contributed by atoms with Gasteiger partial charge in [0.15, 0.2) is 0 Å². The molecule has 0 saturated carbocycles. The van der Waals surface area contributed by atoms with E-state index in [1.807, 2.05) is 31.2 Å². The number of halogens is 1. The number of aryl methyl sites for hydroxylation is 1. The summed E-state index contributed by atoms with van der Waals surface area (Å²) in [5.74, 6) is -0.633. The second kappa shape index (κ2) is 14.4. The quantitative estimate of drug-likeness (QED) is 0.127. The molecule has 0 bridgehead atoms. The number of carbonyl (C=O) groups excluding carboxylic acids is 2. The molecule has 8 nitrogen and oxygen atoms in total. The molecule has 41 heavy (non-hydrogen) atoms. The molecule has 5 N–H and O–H groups in total. The number of rotatable bonds is 13. The van der Waals surface area contributed by atoms with E-state index in [1.54, 1.807) is 48.3 Å². The average Bonchev–Trinajstić information content (AvgIpc) is 2.96. The van der Waals surface area contributed by atoms with Crippen LogP contribution in [0.4, 0.5) is 9.18 Å². The molecule has 3 aromatic carbocycles. The van der Waals surface area contributed by atoms with Crippen molar-refractivity contribution in [3.63, 3.8) is 0 Å². The normalized spacial score (nSPS) is 12.3. The molecule has 0 heterocycles. The third-order valence-corrected chi connectivity index (χ3v) is 7.17. The second-order valence-electron chi connectivity index (χ2n) is 10.3. The van der Waals surface area contributed by atoms with Gasteiger partial charge in [-0.25, -0.2) is 9.18 Å². The number of benzene rings is 3. The molecule has 0 aromatic heterocycles. The summed E-state index contributed by atoms with van der Waals surface area (Å²) in [6.45, 7) is 2.69. The van der Waals surface area contributed by atoms with E-state index < -0.39 is 17.5 Å². The molecule has 0 saturated heterocycles. The lowest BCUT2D eigenvalue weighted by molar-refractivity contribution is 0.0139. The first-order valence-electron chi connectivity index (χ1n) is 13.7. The van der Waals surface area contributed by atoms with Crippen molar-refractivity contribution in [3.8, 4) is 11.1 Å². The van der Waals surface area contributed by atoms with Crippen molar-refractivity contribution in [2.45, 2.75) is 44.6 Å². The molecule has 3 aromatic rings. The molecule has 0 radical (unpaired) electrons. The van der Waals surface area contributed by atoms with Gasteiger partial charge in [-0.05, 0) is 68.4 Å². The van der Waals surface area contributed by atoms with Gasteiger partial charge in [0.1, 0.15) is 11.7 Å². The summed E-state index contributed by atoms with van der Waals surface area (Å²) >= 11 is 0. The first kappa shape index (κ1) is 31.3. The van der Waals surface area contributed by atoms with E-state index in [-0.39, 0.29) is 18.2 Å². The molecular weight excluding hydrogens is 523 g/mol. The molecule has 1 unspecified atom stereocenters. The fourth-order valence-electron chi connectivity index (χ4n) is 4.92. The number of hydrogen-bond donors (Lipinski definition) is 4. The zero-order valence-electron chi connectivity index (χ0n) is 23.9. The molecule has 9 heteroatoms. The highest BCUT2D eigenvalue weighted by Crippen LogP contribution is 2.40. The van der Waals surface area contributed by atoms with E-state index in [1.165, 1.54) is 13.2 Å². The Balaban J connectivity index is 1.75. The highest BCUT2D eigenvalue weighted by molar-refractivity contribution is 5.98. The number of methoxy groups -OCH3 is 1. The van der Waals surface area contributed by atoms with Gasteiger partial charge in [0.25, 0.3) is 5.91 Å². The Bertz CT molecular complexity index is 1360. The van der Waals surface area contributed by atoms with Crippen molar-refractivity contribution in [2.24, 2.45) is 5.73 Å². The zero-order valence-corrected chi connectivity index (χ0v) is 23.9. The SMILES string of the molecule is COC(=O)NCCCC(O)(CCCCN(C)C(=O)c1ccc(C(=N)N)cc1)c1cccc(F)c1-c1cccc(C)c1. The number of carbonyl (C=O) groups is 2. The second-order valence-corrected chi connectivity index (χ2v) is 10.3. The van der Waals surface area contributed by atoms with Gasteiger partial charge in [-0.2, -0.15) is 0 Å². The van der Waals surface area contributed by atoms with Gasteiger partial charge >= 0.3 is 6.09 Å². The fraction of sp³-hybridized carbons (Fsp3) is 0.344. The van der Waals surface area contributed by atoms with Crippen LogP contribution in [-0.4, -0.2) is 55.1 Å². The van der Waals surface area contributed by atoms with Crippen molar-refractivity contribution >= 4 is 17.8 Å². The van der Waals surface area contributed by atoms with Gasteiger partial charge in [0.05, 0.1) is 12.7 Å². The van der Waals surface area contributed by atoms with Crippen LogP contribution < -0.4 is 11.1 Å². The van der Waals surface area contributed by atoms with Crippen LogP contribution in [0.2, 0.25) is 0 Å². The predicted molar refractivity (Wildman–Crippen MR) is 158 cm³/mol. The average molecular weight is 563 g/mol. The van der Waals surface area contributed by atoms with E-state index in [0.29, 0.717) is 66.6 Å². The van der Waals surface area contributed by atoms with E-state index in [2.05, 4.69) is 10.1 Å². The molecule has 0 aliphatic rings. The number of nitrogen functional groups attached to an aromatic ring is 1. The molecule has 0 fully saturated rings. The van der Waals surface area contributed by atoms with Gasteiger partial charge in [-0.15, -0.1) is 0 Å². The first-order chi connectivity index (χ1) is 19.6. The van der Waals surface area contributed by atoms with Crippen LogP contribution in [0.5, 0.6) is 0 Å². The maximum absolute atomic E-state index is 15.3. The summed E-state index contributed by atoms with van der Waals surface area (Å²) in [6.07, 6.45) is 1.71. The Kier molecular flexibility index (Phi) is 11.0. The van der Waals surface area contributed by atoms with E-state index in [9.17, 15) is 14.7 Å². The number of unbranched alkanes of at least 4 members (excludes halogenated alkanes) is 1. The van der Waals surface area contributed by atoms with Crippen LogP contribution in [0, 0.1) is 18.2 Å². The minimum absolute atomic E-state index is 0.0604. The Morgan fingerprint density at radius 2 is 1.68 bits per heavy atom.